The molecule has 190 valence electrons. The SMILES string of the molecule is CCCCCCCC(=O)N[C@H]1CCc2cc(OC)c(OC)c(OC)c2-c2ccc(OC)c(=O)cc21. The van der Waals surface area contributed by atoms with E-state index in [9.17, 15) is 9.59 Å². The zero-order valence-electron chi connectivity index (χ0n) is 21.5. The van der Waals surface area contributed by atoms with E-state index in [1.807, 2.05) is 12.1 Å². The smallest absolute Gasteiger partial charge is 0.220 e. The van der Waals surface area contributed by atoms with Gasteiger partial charge in [-0.3, -0.25) is 9.59 Å². The van der Waals surface area contributed by atoms with Gasteiger partial charge in [-0.05, 0) is 54.2 Å². The van der Waals surface area contributed by atoms with Crippen LogP contribution in [0.15, 0.2) is 29.1 Å². The predicted molar refractivity (Wildman–Crippen MR) is 137 cm³/mol. The number of unbranched alkanes of at least 4 members (excludes halogenated alkanes) is 4. The van der Waals surface area contributed by atoms with Crippen molar-refractivity contribution in [2.75, 3.05) is 28.4 Å². The molecule has 2 aromatic carbocycles. The standard InChI is InChI=1S/C28H37NO6/c1-6-7-8-9-10-11-25(31)29-21-14-12-18-16-24(33-3)27(34-4)28(35-5)26(18)19-13-15-23(32-2)22(30)17-20(19)21/h13,15-17,21H,6-12,14H2,1-5H3,(H,29,31)/t21-/m0/s1. The molecule has 0 aromatic heterocycles. The highest BCUT2D eigenvalue weighted by Crippen LogP contribution is 2.50. The Morgan fingerprint density at radius 2 is 1.63 bits per heavy atom. The summed E-state index contributed by atoms with van der Waals surface area (Å²) in [6.45, 7) is 2.17. The third-order valence-corrected chi connectivity index (χ3v) is 6.56. The summed E-state index contributed by atoms with van der Waals surface area (Å²) in [5.41, 5.74) is 3.12. The molecule has 0 saturated carbocycles. The average Bonchev–Trinajstić information content (AvgIpc) is 3.11. The summed E-state index contributed by atoms with van der Waals surface area (Å²) in [4.78, 5) is 25.8. The molecule has 1 aliphatic rings. The lowest BCUT2D eigenvalue weighted by atomic mass is 9.95. The topological polar surface area (TPSA) is 83.1 Å². The Morgan fingerprint density at radius 1 is 0.914 bits per heavy atom. The van der Waals surface area contributed by atoms with Crippen LogP contribution in [0.5, 0.6) is 23.0 Å². The van der Waals surface area contributed by atoms with Gasteiger partial charge in [0.05, 0.1) is 34.5 Å². The van der Waals surface area contributed by atoms with Crippen LogP contribution in [0.3, 0.4) is 0 Å². The lowest BCUT2D eigenvalue weighted by Gasteiger charge is -2.20. The molecule has 0 aliphatic heterocycles. The lowest BCUT2D eigenvalue weighted by Crippen LogP contribution is -2.28. The minimum absolute atomic E-state index is 0.00329. The van der Waals surface area contributed by atoms with E-state index in [4.69, 9.17) is 18.9 Å². The summed E-state index contributed by atoms with van der Waals surface area (Å²) in [6, 6.07) is 6.72. The molecule has 0 bridgehead atoms. The van der Waals surface area contributed by atoms with Crippen LogP contribution in [-0.2, 0) is 11.2 Å². The van der Waals surface area contributed by atoms with Crippen molar-refractivity contribution in [2.24, 2.45) is 0 Å². The fourth-order valence-electron chi connectivity index (χ4n) is 4.77. The van der Waals surface area contributed by atoms with Crippen LogP contribution in [0.4, 0.5) is 0 Å². The summed E-state index contributed by atoms with van der Waals surface area (Å²) in [5.74, 6) is 1.82. The van der Waals surface area contributed by atoms with Gasteiger partial charge in [0, 0.05) is 12.0 Å². The van der Waals surface area contributed by atoms with Gasteiger partial charge in [0.15, 0.2) is 17.2 Å². The molecular formula is C28H37NO6. The number of rotatable bonds is 11. The Kier molecular flexibility index (Phi) is 9.40. The second-order valence-electron chi connectivity index (χ2n) is 8.78. The summed E-state index contributed by atoms with van der Waals surface area (Å²) in [5, 5.41) is 3.19. The Hall–Kier alpha value is -3.22. The number of carbonyl (C=O) groups is 1. The highest BCUT2D eigenvalue weighted by molar-refractivity contribution is 5.83. The van der Waals surface area contributed by atoms with Crippen molar-refractivity contribution < 1.29 is 23.7 Å². The number of benzene rings is 1. The van der Waals surface area contributed by atoms with Crippen molar-refractivity contribution in [1.29, 1.82) is 0 Å². The van der Waals surface area contributed by atoms with Crippen LogP contribution in [0.25, 0.3) is 11.1 Å². The number of ether oxygens (including phenoxy) is 4. The van der Waals surface area contributed by atoms with Crippen LogP contribution in [0, 0.1) is 0 Å². The molecule has 0 spiro atoms. The quantitative estimate of drug-likeness (QED) is 0.442. The van der Waals surface area contributed by atoms with Crippen LogP contribution in [0.2, 0.25) is 0 Å². The van der Waals surface area contributed by atoms with E-state index in [0.717, 1.165) is 41.5 Å². The first kappa shape index (κ1) is 26.4. The normalized spacial score (nSPS) is 14.3. The molecule has 0 radical (unpaired) electrons. The Labute approximate surface area is 207 Å². The van der Waals surface area contributed by atoms with Gasteiger partial charge >= 0.3 is 0 Å². The third-order valence-electron chi connectivity index (χ3n) is 6.56. The number of aryl methyl sites for hydroxylation is 1. The molecule has 1 atom stereocenters. The summed E-state index contributed by atoms with van der Waals surface area (Å²) in [6.07, 6.45) is 7.17. The molecule has 35 heavy (non-hydrogen) atoms. The first-order chi connectivity index (χ1) is 17.0. The fraction of sp³-hybridized carbons (Fsp3) is 0.500. The number of carbonyl (C=O) groups excluding carboxylic acids is 1. The zero-order valence-corrected chi connectivity index (χ0v) is 21.5. The monoisotopic (exact) mass is 483 g/mol. The number of amides is 1. The van der Waals surface area contributed by atoms with Gasteiger partial charge < -0.3 is 24.3 Å². The minimum Gasteiger partial charge on any atom is -0.493 e. The van der Waals surface area contributed by atoms with Gasteiger partial charge in [0.2, 0.25) is 17.1 Å². The molecule has 1 aliphatic carbocycles. The first-order valence-corrected chi connectivity index (χ1v) is 12.3. The van der Waals surface area contributed by atoms with Crippen LogP contribution < -0.4 is 29.7 Å². The molecule has 7 heteroatoms. The molecule has 0 heterocycles. The highest BCUT2D eigenvalue weighted by atomic mass is 16.5. The molecule has 1 N–H and O–H groups in total. The predicted octanol–water partition coefficient (Wildman–Crippen LogP) is 5.21. The summed E-state index contributed by atoms with van der Waals surface area (Å²) < 4.78 is 22.3. The Balaban J connectivity index is 2.08. The van der Waals surface area contributed by atoms with E-state index in [1.54, 1.807) is 33.5 Å². The molecule has 1 amide bonds. The number of fused-ring (bicyclic) bond motifs is 3. The second-order valence-corrected chi connectivity index (χ2v) is 8.78. The van der Waals surface area contributed by atoms with E-state index in [0.29, 0.717) is 36.5 Å². The number of hydrogen-bond acceptors (Lipinski definition) is 6. The highest BCUT2D eigenvalue weighted by Gasteiger charge is 2.29. The molecule has 0 saturated heterocycles. The van der Waals surface area contributed by atoms with Crippen molar-refractivity contribution >= 4 is 5.91 Å². The third kappa shape index (κ3) is 5.89. The Morgan fingerprint density at radius 3 is 2.29 bits per heavy atom. The summed E-state index contributed by atoms with van der Waals surface area (Å²) in [7, 11) is 6.22. The number of nitrogens with one attached hydrogen (secondary N) is 1. The van der Waals surface area contributed by atoms with Gasteiger partial charge in [-0.15, -0.1) is 0 Å². The van der Waals surface area contributed by atoms with Gasteiger partial charge in [-0.25, -0.2) is 0 Å². The van der Waals surface area contributed by atoms with Gasteiger partial charge in [0.25, 0.3) is 0 Å². The molecular weight excluding hydrogens is 446 g/mol. The maximum atomic E-state index is 12.9. The van der Waals surface area contributed by atoms with Crippen molar-refractivity contribution in [3.63, 3.8) is 0 Å². The lowest BCUT2D eigenvalue weighted by molar-refractivity contribution is -0.122. The number of methoxy groups -OCH3 is 4. The van der Waals surface area contributed by atoms with Crippen molar-refractivity contribution in [2.45, 2.75) is 64.3 Å². The van der Waals surface area contributed by atoms with E-state index >= 15 is 0 Å². The van der Waals surface area contributed by atoms with Gasteiger partial charge in [-0.1, -0.05) is 38.7 Å². The minimum atomic E-state index is -0.327. The molecule has 2 aromatic rings. The summed E-state index contributed by atoms with van der Waals surface area (Å²) >= 11 is 0. The van der Waals surface area contributed by atoms with E-state index in [-0.39, 0.29) is 23.1 Å². The first-order valence-electron chi connectivity index (χ1n) is 12.3. The molecule has 7 nitrogen and oxygen atoms in total. The molecule has 0 unspecified atom stereocenters. The van der Waals surface area contributed by atoms with Crippen molar-refractivity contribution in [3.8, 4) is 34.1 Å². The molecule has 0 fully saturated rings. The number of hydrogen-bond donors (Lipinski definition) is 1. The van der Waals surface area contributed by atoms with E-state index in [2.05, 4.69) is 12.2 Å². The van der Waals surface area contributed by atoms with Crippen LogP contribution in [0.1, 0.15) is 69.0 Å². The van der Waals surface area contributed by atoms with Crippen molar-refractivity contribution in [1.82, 2.24) is 5.32 Å². The fourth-order valence-corrected chi connectivity index (χ4v) is 4.77. The van der Waals surface area contributed by atoms with Crippen molar-refractivity contribution in [3.05, 3.63) is 45.6 Å². The van der Waals surface area contributed by atoms with Crippen LogP contribution >= 0.6 is 0 Å². The van der Waals surface area contributed by atoms with Gasteiger partial charge in [-0.2, -0.15) is 0 Å². The van der Waals surface area contributed by atoms with E-state index in [1.165, 1.54) is 20.0 Å². The maximum Gasteiger partial charge on any atom is 0.220 e. The second kappa shape index (κ2) is 12.5. The van der Waals surface area contributed by atoms with E-state index < -0.39 is 0 Å². The molecule has 3 rings (SSSR count). The zero-order chi connectivity index (χ0) is 25.4. The Bertz CT molecular complexity index is 1100. The maximum absolute atomic E-state index is 12.9. The largest absolute Gasteiger partial charge is 0.493 e. The van der Waals surface area contributed by atoms with Crippen LogP contribution in [-0.4, -0.2) is 34.3 Å². The average molecular weight is 484 g/mol. The van der Waals surface area contributed by atoms with Gasteiger partial charge in [0.1, 0.15) is 0 Å².